The molecule has 0 rings (SSSR count). The molecule has 0 N–H and O–H groups in total. The van der Waals surface area contributed by atoms with Gasteiger partial charge in [-0.25, -0.2) is 0 Å². The smallest absolute Gasteiger partial charge is 0.318 e. The Hall–Kier alpha value is -0.340. The highest BCUT2D eigenvalue weighted by atomic mass is 31.1. The first-order valence-corrected chi connectivity index (χ1v) is 5.36. The van der Waals surface area contributed by atoms with Gasteiger partial charge in [-0.2, -0.15) is 0 Å². The Balaban J connectivity index is 3.91. The average molecular weight is 194 g/mol. The number of hydrogen-bond acceptors (Lipinski definition) is 4. The van der Waals surface area contributed by atoms with Gasteiger partial charge < -0.3 is 9.26 Å². The Kier molecular flexibility index (Phi) is 6.03. The van der Waals surface area contributed by atoms with Crippen LogP contribution in [-0.4, -0.2) is 24.8 Å². The minimum Gasteiger partial charge on any atom is -0.465 e. The quantitative estimate of drug-likeness (QED) is 0.491. The number of ether oxygens (including phenoxy) is 1. The van der Waals surface area contributed by atoms with Crippen LogP contribution in [-0.2, 0) is 18.6 Å². The van der Waals surface area contributed by atoms with Gasteiger partial charge >= 0.3 is 5.97 Å². The van der Waals surface area contributed by atoms with E-state index in [1.807, 2.05) is 0 Å². The van der Waals surface area contributed by atoms with Gasteiger partial charge in [-0.3, -0.25) is 9.36 Å². The van der Waals surface area contributed by atoms with Crippen LogP contribution in [0.2, 0.25) is 0 Å². The van der Waals surface area contributed by atoms with Crippen molar-refractivity contribution in [3.8, 4) is 0 Å². The van der Waals surface area contributed by atoms with Crippen molar-refractivity contribution in [3.63, 3.8) is 0 Å². The highest BCUT2D eigenvalue weighted by Crippen LogP contribution is 2.29. The predicted molar refractivity (Wildman–Crippen MR) is 46.7 cm³/mol. The Morgan fingerprint density at radius 1 is 1.42 bits per heavy atom. The van der Waals surface area contributed by atoms with Crippen molar-refractivity contribution < 1.29 is 18.6 Å². The molecule has 0 aromatic rings. The van der Waals surface area contributed by atoms with E-state index in [1.165, 1.54) is 0 Å². The van der Waals surface area contributed by atoms with Gasteiger partial charge in [-0.15, -0.1) is 0 Å². The lowest BCUT2D eigenvalue weighted by atomic mass is 10.5. The minimum atomic E-state index is -2.26. The molecular weight excluding hydrogens is 179 g/mol. The summed E-state index contributed by atoms with van der Waals surface area (Å²) in [5, 5.41) is 0. The molecule has 0 heterocycles. The summed E-state index contributed by atoms with van der Waals surface area (Å²) in [6, 6.07) is 0. The minimum absolute atomic E-state index is 0.310. The van der Waals surface area contributed by atoms with Crippen LogP contribution in [0.5, 0.6) is 0 Å². The molecule has 0 fully saturated rings. The molecule has 2 atom stereocenters. The van der Waals surface area contributed by atoms with Crippen LogP contribution in [0.4, 0.5) is 0 Å². The lowest BCUT2D eigenvalue weighted by Gasteiger charge is -2.09. The predicted octanol–water partition coefficient (Wildman–Crippen LogP) is 1.45. The summed E-state index contributed by atoms with van der Waals surface area (Å²) < 4.78 is 20.6. The lowest BCUT2D eigenvalue weighted by Crippen LogP contribution is -2.17. The fourth-order valence-corrected chi connectivity index (χ4v) is 1.44. The first kappa shape index (κ1) is 11.7. The summed E-state index contributed by atoms with van der Waals surface area (Å²) in [5.41, 5.74) is -0.630. The van der Waals surface area contributed by atoms with E-state index in [0.29, 0.717) is 13.2 Å². The number of carbonyl (C=O) groups excluding carboxylic acids is 1. The average Bonchev–Trinajstić information content (AvgIpc) is 2.04. The van der Waals surface area contributed by atoms with Gasteiger partial charge in [-0.1, -0.05) is 0 Å². The first-order valence-electron chi connectivity index (χ1n) is 3.96. The topological polar surface area (TPSA) is 52.6 Å². The van der Waals surface area contributed by atoms with E-state index in [2.05, 4.69) is 4.74 Å². The number of rotatable bonds is 5. The Morgan fingerprint density at radius 2 is 2.00 bits per heavy atom. The third-order valence-electron chi connectivity index (χ3n) is 1.28. The van der Waals surface area contributed by atoms with Crippen molar-refractivity contribution in [2.75, 3.05) is 13.2 Å². The van der Waals surface area contributed by atoms with E-state index >= 15 is 0 Å². The molecule has 0 aliphatic heterocycles. The maximum atomic E-state index is 11.1. The lowest BCUT2D eigenvalue weighted by molar-refractivity contribution is -0.142. The van der Waals surface area contributed by atoms with Gasteiger partial charge in [0.05, 0.1) is 13.2 Å². The van der Waals surface area contributed by atoms with Crippen LogP contribution < -0.4 is 0 Å². The van der Waals surface area contributed by atoms with E-state index in [-0.39, 0.29) is 0 Å². The summed E-state index contributed by atoms with van der Waals surface area (Å²) in [7, 11) is -2.26. The second-order valence-corrected chi connectivity index (χ2v) is 4.02. The molecule has 0 saturated heterocycles. The standard InChI is InChI=1S/C7H15O4P/c1-4-10-7(8)6(3)12(9)11-5-2/h6,12H,4-5H2,1-3H3. The van der Waals surface area contributed by atoms with Crippen molar-refractivity contribution in [2.24, 2.45) is 0 Å². The SMILES string of the molecule is CCOC(=O)C(C)[PH](=O)OCC. The van der Waals surface area contributed by atoms with Gasteiger partial charge in [-0.05, 0) is 20.8 Å². The molecular formula is C7H15O4P. The molecule has 2 unspecified atom stereocenters. The molecule has 0 aromatic heterocycles. The van der Waals surface area contributed by atoms with Crippen LogP contribution in [0.3, 0.4) is 0 Å². The highest BCUT2D eigenvalue weighted by Gasteiger charge is 2.20. The molecule has 0 spiro atoms. The summed E-state index contributed by atoms with van der Waals surface area (Å²) in [6.07, 6.45) is 0. The summed E-state index contributed by atoms with van der Waals surface area (Å²) in [6.45, 7) is 5.67. The molecule has 0 amide bonds. The van der Waals surface area contributed by atoms with Gasteiger partial charge in [0.2, 0.25) is 8.03 Å². The highest BCUT2D eigenvalue weighted by molar-refractivity contribution is 7.41. The van der Waals surface area contributed by atoms with Crippen molar-refractivity contribution in [2.45, 2.75) is 26.4 Å². The summed E-state index contributed by atoms with van der Waals surface area (Å²) >= 11 is 0. The largest absolute Gasteiger partial charge is 0.465 e. The number of carbonyl (C=O) groups is 1. The van der Waals surface area contributed by atoms with Crippen LogP contribution in [0.1, 0.15) is 20.8 Å². The zero-order valence-corrected chi connectivity index (χ0v) is 8.62. The Labute approximate surface area is 73.1 Å². The third kappa shape index (κ3) is 3.88. The molecule has 5 heteroatoms. The van der Waals surface area contributed by atoms with Crippen molar-refractivity contribution >= 4 is 14.0 Å². The first-order chi connectivity index (χ1) is 5.63. The summed E-state index contributed by atoms with van der Waals surface area (Å²) in [4.78, 5) is 11.0. The van der Waals surface area contributed by atoms with Crippen molar-refractivity contribution in [1.82, 2.24) is 0 Å². The van der Waals surface area contributed by atoms with Gasteiger partial charge in [0.25, 0.3) is 0 Å². The van der Waals surface area contributed by atoms with Gasteiger partial charge in [0.1, 0.15) is 5.66 Å². The molecule has 0 radical (unpaired) electrons. The van der Waals surface area contributed by atoms with E-state index in [4.69, 9.17) is 4.52 Å². The van der Waals surface area contributed by atoms with E-state index in [1.54, 1.807) is 20.8 Å². The zero-order chi connectivity index (χ0) is 9.56. The fraction of sp³-hybridized carbons (Fsp3) is 0.857. The fourth-order valence-electron chi connectivity index (χ4n) is 0.631. The molecule has 12 heavy (non-hydrogen) atoms. The van der Waals surface area contributed by atoms with E-state index in [9.17, 15) is 9.36 Å². The van der Waals surface area contributed by atoms with Crippen LogP contribution >= 0.6 is 8.03 Å². The van der Waals surface area contributed by atoms with Crippen LogP contribution in [0, 0.1) is 0 Å². The molecule has 4 nitrogen and oxygen atoms in total. The normalized spacial score (nSPS) is 15.2. The van der Waals surface area contributed by atoms with Gasteiger partial charge in [0, 0.05) is 0 Å². The molecule has 0 saturated carbocycles. The van der Waals surface area contributed by atoms with E-state index in [0.717, 1.165) is 0 Å². The van der Waals surface area contributed by atoms with Crippen molar-refractivity contribution in [1.29, 1.82) is 0 Å². The maximum Gasteiger partial charge on any atom is 0.318 e. The van der Waals surface area contributed by atoms with Crippen molar-refractivity contribution in [3.05, 3.63) is 0 Å². The maximum absolute atomic E-state index is 11.1. The number of hydrogen-bond donors (Lipinski definition) is 0. The Bertz CT molecular complexity index is 151. The van der Waals surface area contributed by atoms with Crippen LogP contribution in [0.15, 0.2) is 0 Å². The monoisotopic (exact) mass is 194 g/mol. The summed E-state index contributed by atoms with van der Waals surface area (Å²) in [5.74, 6) is -0.449. The third-order valence-corrected chi connectivity index (χ3v) is 2.80. The number of esters is 1. The molecule has 0 aromatic carbocycles. The molecule has 0 aliphatic carbocycles. The second-order valence-electron chi connectivity index (χ2n) is 2.23. The zero-order valence-electron chi connectivity index (χ0n) is 7.62. The van der Waals surface area contributed by atoms with E-state index < -0.39 is 19.7 Å². The molecule has 0 bridgehead atoms. The van der Waals surface area contributed by atoms with Gasteiger partial charge in [0.15, 0.2) is 0 Å². The molecule has 0 aliphatic rings. The van der Waals surface area contributed by atoms with Crippen LogP contribution in [0.25, 0.3) is 0 Å². The second kappa shape index (κ2) is 6.21. The molecule has 72 valence electrons. The Morgan fingerprint density at radius 3 is 2.42 bits per heavy atom.